The maximum Gasteiger partial charge on any atom is 0.328 e. The van der Waals surface area contributed by atoms with Gasteiger partial charge < -0.3 is 10.2 Å². The van der Waals surface area contributed by atoms with Gasteiger partial charge in [-0.05, 0) is 102 Å². The van der Waals surface area contributed by atoms with Crippen molar-refractivity contribution in [2.45, 2.75) is 71.0 Å². The van der Waals surface area contributed by atoms with Crippen LogP contribution in [0, 0.1) is 0 Å². The van der Waals surface area contributed by atoms with Crippen molar-refractivity contribution in [1.29, 1.82) is 0 Å². The summed E-state index contributed by atoms with van der Waals surface area (Å²) in [4.78, 5) is 75.4. The van der Waals surface area contributed by atoms with E-state index in [0.29, 0.717) is 58.5 Å². The molecule has 0 aliphatic carbocycles. The third-order valence-corrected chi connectivity index (χ3v) is 12.3. The molecule has 63 heavy (non-hydrogen) atoms. The van der Waals surface area contributed by atoms with Gasteiger partial charge in [0.05, 0.1) is 17.1 Å². The number of pyridine rings is 2. The number of halogens is 2. The molecule has 6 aromatic rings. The molecule has 2 aliphatic rings. The van der Waals surface area contributed by atoms with Crippen LogP contribution in [0.3, 0.4) is 0 Å². The third kappa shape index (κ3) is 8.28. The van der Waals surface area contributed by atoms with Gasteiger partial charge in [-0.15, -0.1) is 0 Å². The van der Waals surface area contributed by atoms with Gasteiger partial charge in [0.1, 0.15) is 12.0 Å². The highest BCUT2D eigenvalue weighted by molar-refractivity contribution is 6.00. The maximum atomic E-state index is 14.9. The molecule has 13 nitrogen and oxygen atoms in total. The number of nitrogens with one attached hydrogen (secondary N) is 2. The van der Waals surface area contributed by atoms with Gasteiger partial charge in [-0.2, -0.15) is 0 Å². The largest absolute Gasteiger partial charge is 0.347 e. The first-order chi connectivity index (χ1) is 30.2. The molecule has 1 unspecified atom stereocenters. The number of aromatic nitrogens is 4. The molecule has 1 fully saturated rings. The Labute approximate surface area is 362 Å². The SMILES string of the molecule is CC(C)c1cc(N2CCCc3cc(-c4ccc(C(=O)NCc5cncc(-c6cccc(C=O)c6CN(C)C6CCC(=O)NC6=O)c5)nc4)c(C(F)F)cc32)cc2c1n(C)c(=O)n2C. The minimum Gasteiger partial charge on any atom is -0.347 e. The van der Waals surface area contributed by atoms with Crippen molar-refractivity contribution in [3.05, 3.63) is 129 Å². The van der Waals surface area contributed by atoms with Gasteiger partial charge in [0.2, 0.25) is 11.8 Å². The van der Waals surface area contributed by atoms with Crippen LogP contribution in [0.4, 0.5) is 20.2 Å². The van der Waals surface area contributed by atoms with E-state index < -0.39 is 18.4 Å². The van der Waals surface area contributed by atoms with Gasteiger partial charge >= 0.3 is 5.69 Å². The molecule has 0 radical (unpaired) electrons. The second kappa shape index (κ2) is 17.5. The van der Waals surface area contributed by atoms with Crippen LogP contribution in [0.2, 0.25) is 0 Å². The van der Waals surface area contributed by atoms with Gasteiger partial charge in [-0.1, -0.05) is 38.1 Å². The van der Waals surface area contributed by atoms with Crippen molar-refractivity contribution < 1.29 is 28.0 Å². The summed E-state index contributed by atoms with van der Waals surface area (Å²) in [5.41, 5.74) is 8.99. The van der Waals surface area contributed by atoms with E-state index in [0.717, 1.165) is 46.1 Å². The lowest BCUT2D eigenvalue weighted by atomic mass is 9.91. The fourth-order valence-corrected chi connectivity index (χ4v) is 8.93. The highest BCUT2D eigenvalue weighted by Crippen LogP contribution is 2.43. The van der Waals surface area contributed by atoms with Crippen LogP contribution < -0.4 is 21.2 Å². The van der Waals surface area contributed by atoms with Gasteiger partial charge in [0, 0.05) is 92.4 Å². The Morgan fingerprint density at radius 1 is 0.952 bits per heavy atom. The number of anilines is 2. The Bertz CT molecular complexity index is 2850. The molecular formula is C48H48F2N8O5. The van der Waals surface area contributed by atoms with Crippen molar-refractivity contribution in [2.24, 2.45) is 14.1 Å². The summed E-state index contributed by atoms with van der Waals surface area (Å²) in [6.07, 6.45) is 4.80. The summed E-state index contributed by atoms with van der Waals surface area (Å²) in [6, 6.07) is 17.2. The summed E-state index contributed by atoms with van der Waals surface area (Å²) in [7, 11) is 5.28. The van der Waals surface area contributed by atoms with Gasteiger partial charge in [0.15, 0.2) is 0 Å². The molecule has 3 aromatic carbocycles. The molecule has 2 N–H and O–H groups in total. The van der Waals surface area contributed by atoms with Crippen LogP contribution in [0.1, 0.15) is 94.1 Å². The number of imidazole rings is 1. The van der Waals surface area contributed by atoms with Crippen molar-refractivity contribution in [3.63, 3.8) is 0 Å². The molecule has 5 heterocycles. The third-order valence-electron chi connectivity index (χ3n) is 12.3. The van der Waals surface area contributed by atoms with Crippen molar-refractivity contribution >= 4 is 46.4 Å². The number of benzene rings is 3. The number of fused-ring (bicyclic) bond motifs is 2. The molecule has 1 saturated heterocycles. The fourth-order valence-electron chi connectivity index (χ4n) is 8.93. The summed E-state index contributed by atoms with van der Waals surface area (Å²) in [6.45, 7) is 5.14. The van der Waals surface area contributed by atoms with Gasteiger partial charge in [-0.25, -0.2) is 13.6 Å². The van der Waals surface area contributed by atoms with E-state index in [2.05, 4.69) is 45.4 Å². The molecule has 0 bridgehead atoms. The molecule has 15 heteroatoms. The molecule has 0 saturated carbocycles. The second-order valence-electron chi connectivity index (χ2n) is 16.7. The number of aryl methyl sites for hydroxylation is 3. The van der Waals surface area contributed by atoms with Gasteiger partial charge in [0.25, 0.3) is 12.3 Å². The van der Waals surface area contributed by atoms with Crippen LogP contribution in [-0.2, 0) is 43.2 Å². The second-order valence-corrected chi connectivity index (χ2v) is 16.7. The zero-order valence-electron chi connectivity index (χ0n) is 35.7. The molecule has 3 aromatic heterocycles. The fraction of sp³-hybridized carbons (Fsp3) is 0.312. The normalized spacial score (nSPS) is 15.3. The monoisotopic (exact) mass is 854 g/mol. The van der Waals surface area contributed by atoms with E-state index in [1.807, 2.05) is 29.2 Å². The van der Waals surface area contributed by atoms with Crippen molar-refractivity contribution in [2.75, 3.05) is 18.5 Å². The summed E-state index contributed by atoms with van der Waals surface area (Å²) < 4.78 is 33.1. The molecule has 324 valence electrons. The lowest BCUT2D eigenvalue weighted by molar-refractivity contribution is -0.137. The zero-order valence-corrected chi connectivity index (χ0v) is 35.7. The topological polar surface area (TPSA) is 152 Å². The Morgan fingerprint density at radius 3 is 2.48 bits per heavy atom. The van der Waals surface area contributed by atoms with Gasteiger partial charge in [-0.3, -0.25) is 48.5 Å². The van der Waals surface area contributed by atoms with Crippen molar-refractivity contribution in [3.8, 4) is 22.3 Å². The van der Waals surface area contributed by atoms with E-state index in [-0.39, 0.29) is 54.2 Å². The average Bonchev–Trinajstić information content (AvgIpc) is 3.50. The quantitative estimate of drug-likeness (QED) is 0.0969. The average molecular weight is 855 g/mol. The number of imide groups is 1. The minimum atomic E-state index is -2.78. The van der Waals surface area contributed by atoms with Crippen LogP contribution in [0.5, 0.6) is 0 Å². The molecule has 8 rings (SSSR count). The number of hydrogen-bond donors (Lipinski definition) is 2. The number of nitrogens with zero attached hydrogens (tertiary/aromatic N) is 6. The predicted octanol–water partition coefficient (Wildman–Crippen LogP) is 7.13. The Hall–Kier alpha value is -6.87. The number of carbonyl (C=O) groups is 4. The minimum absolute atomic E-state index is 0.102. The number of rotatable bonds is 12. The van der Waals surface area contributed by atoms with Crippen LogP contribution >= 0.6 is 0 Å². The van der Waals surface area contributed by atoms with Crippen LogP contribution in [0.25, 0.3) is 33.3 Å². The van der Waals surface area contributed by atoms with E-state index >= 15 is 0 Å². The number of hydrogen-bond acceptors (Lipinski definition) is 9. The van der Waals surface area contributed by atoms with E-state index in [9.17, 15) is 32.8 Å². The molecular weight excluding hydrogens is 807 g/mol. The number of piperidine rings is 1. The Balaban J connectivity index is 1.00. The number of alkyl halides is 2. The first kappa shape index (κ1) is 42.8. The Morgan fingerprint density at radius 2 is 1.76 bits per heavy atom. The van der Waals surface area contributed by atoms with E-state index in [4.69, 9.17) is 0 Å². The summed E-state index contributed by atoms with van der Waals surface area (Å²) in [5.74, 6) is -1.03. The van der Waals surface area contributed by atoms with E-state index in [1.54, 1.807) is 66.9 Å². The first-order valence-electron chi connectivity index (χ1n) is 21.0. The number of amides is 3. The maximum absolute atomic E-state index is 14.9. The number of likely N-dealkylation sites (N-methyl/N-ethyl adjacent to an activating group) is 1. The Kier molecular flexibility index (Phi) is 11.9. The van der Waals surface area contributed by atoms with Crippen LogP contribution in [0.15, 0.2) is 84.0 Å². The summed E-state index contributed by atoms with van der Waals surface area (Å²) >= 11 is 0. The molecule has 3 amide bonds. The van der Waals surface area contributed by atoms with Crippen molar-refractivity contribution in [1.82, 2.24) is 34.6 Å². The number of aldehydes is 1. The predicted molar refractivity (Wildman–Crippen MR) is 236 cm³/mol. The molecule has 0 spiro atoms. The van der Waals surface area contributed by atoms with Crippen LogP contribution in [-0.4, -0.2) is 67.6 Å². The van der Waals surface area contributed by atoms with E-state index in [1.165, 1.54) is 12.3 Å². The lowest BCUT2D eigenvalue weighted by Crippen LogP contribution is -2.51. The molecule has 2 aliphatic heterocycles. The summed E-state index contributed by atoms with van der Waals surface area (Å²) in [5, 5.41) is 5.25. The first-order valence-corrected chi connectivity index (χ1v) is 21.0. The zero-order chi connectivity index (χ0) is 44.7. The highest BCUT2D eigenvalue weighted by Gasteiger charge is 2.31. The lowest BCUT2D eigenvalue weighted by Gasteiger charge is -2.33. The molecule has 1 atom stereocenters. The standard InChI is InChI=1S/C48H48F2N8O5/c1-27(2)35-18-33(19-42-44(35)57(5)48(63)56(42)4)58-15-7-9-29-17-36(37(45(49)50)20-41(29)58)30-11-12-39(52-24-30)46(61)53-22-28-16-32(23-51-21-28)34-10-6-8-31(26-59)38(34)25-55(3)40-13-14-43(60)54-47(40)62/h6,8,10-12,16-21,23-24,26-27,40,45H,7,9,13-15,22,25H2,1-5H3,(H,53,61)(H,54,60,62). The highest BCUT2D eigenvalue weighted by atomic mass is 19.3. The number of carbonyl (C=O) groups excluding carboxylic acids is 4. The smallest absolute Gasteiger partial charge is 0.328 e.